The van der Waals surface area contributed by atoms with Crippen LogP contribution in [-0.2, 0) is 0 Å². The van der Waals surface area contributed by atoms with Gasteiger partial charge in [0.1, 0.15) is 0 Å². The first-order chi connectivity index (χ1) is 16.3. The Bertz CT molecular complexity index is 1560. The summed E-state index contributed by atoms with van der Waals surface area (Å²) in [5.74, 6) is 0. The third kappa shape index (κ3) is 3.46. The van der Waals surface area contributed by atoms with Crippen molar-refractivity contribution >= 4 is 38.9 Å². The van der Waals surface area contributed by atoms with Gasteiger partial charge in [-0.15, -0.1) is 0 Å². The van der Waals surface area contributed by atoms with Crippen molar-refractivity contribution in [2.75, 3.05) is 4.90 Å². The molecular formula is C31H24N2. The summed E-state index contributed by atoms with van der Waals surface area (Å²) in [6.45, 7) is 2.15. The molecule has 1 aromatic heterocycles. The van der Waals surface area contributed by atoms with Gasteiger partial charge in [-0.05, 0) is 61.0 Å². The van der Waals surface area contributed by atoms with Gasteiger partial charge in [-0.25, -0.2) is 0 Å². The number of para-hydroxylation sites is 2. The number of hydrogen-bond donors (Lipinski definition) is 1. The highest BCUT2D eigenvalue weighted by Gasteiger charge is 2.17. The van der Waals surface area contributed by atoms with Crippen molar-refractivity contribution in [1.82, 2.24) is 4.98 Å². The van der Waals surface area contributed by atoms with Gasteiger partial charge in [-0.2, -0.15) is 0 Å². The number of aromatic amines is 1. The molecule has 5 aromatic carbocycles. The van der Waals surface area contributed by atoms with E-state index in [4.69, 9.17) is 0 Å². The van der Waals surface area contributed by atoms with Crippen LogP contribution in [0.2, 0.25) is 0 Å². The highest BCUT2D eigenvalue weighted by molar-refractivity contribution is 6.09. The van der Waals surface area contributed by atoms with Gasteiger partial charge in [0, 0.05) is 38.7 Å². The number of rotatable bonds is 4. The zero-order valence-corrected chi connectivity index (χ0v) is 18.5. The van der Waals surface area contributed by atoms with Crippen LogP contribution in [-0.4, -0.2) is 4.98 Å². The monoisotopic (exact) mass is 424 g/mol. The van der Waals surface area contributed by atoms with Gasteiger partial charge in [0.05, 0.1) is 5.69 Å². The molecular weight excluding hydrogens is 400 g/mol. The summed E-state index contributed by atoms with van der Waals surface area (Å²) < 4.78 is 0. The minimum atomic E-state index is 1.14. The van der Waals surface area contributed by atoms with E-state index in [1.807, 2.05) is 0 Å². The van der Waals surface area contributed by atoms with E-state index in [0.29, 0.717) is 0 Å². The standard InChI is InChI=1S/C31H24N2/c1-22-16-18-29-27(20-22)28-21-25(17-19-30(28)32-29)33(24-12-6-3-7-13-24)31-15-9-8-14-26(31)23-10-4-2-5-11-23/h2-21,32H,1H3. The maximum atomic E-state index is 3.57. The van der Waals surface area contributed by atoms with Crippen molar-refractivity contribution in [2.24, 2.45) is 0 Å². The van der Waals surface area contributed by atoms with E-state index < -0.39 is 0 Å². The van der Waals surface area contributed by atoms with Gasteiger partial charge < -0.3 is 9.88 Å². The lowest BCUT2D eigenvalue weighted by atomic mass is 10.0. The summed E-state index contributed by atoms with van der Waals surface area (Å²) >= 11 is 0. The van der Waals surface area contributed by atoms with Crippen molar-refractivity contribution in [3.8, 4) is 11.1 Å². The second-order valence-electron chi connectivity index (χ2n) is 8.46. The van der Waals surface area contributed by atoms with Gasteiger partial charge in [-0.3, -0.25) is 0 Å². The first-order valence-corrected chi connectivity index (χ1v) is 11.3. The molecule has 0 amide bonds. The van der Waals surface area contributed by atoms with E-state index in [1.54, 1.807) is 0 Å². The molecule has 2 heteroatoms. The smallest absolute Gasteiger partial charge is 0.0540 e. The Labute approximate surface area is 193 Å². The predicted molar refractivity (Wildman–Crippen MR) is 141 cm³/mol. The van der Waals surface area contributed by atoms with Crippen molar-refractivity contribution in [3.63, 3.8) is 0 Å². The Hall–Kier alpha value is -4.30. The second-order valence-corrected chi connectivity index (χ2v) is 8.46. The fourth-order valence-electron chi connectivity index (χ4n) is 4.67. The predicted octanol–water partition coefficient (Wildman–Crippen LogP) is 8.77. The SMILES string of the molecule is Cc1ccc2[nH]c3ccc(N(c4ccccc4)c4ccccc4-c4ccccc4)cc3c2c1. The second kappa shape index (κ2) is 7.99. The molecule has 0 spiro atoms. The maximum absolute atomic E-state index is 3.57. The lowest BCUT2D eigenvalue weighted by molar-refractivity contribution is 1.29. The largest absolute Gasteiger partial charge is 0.355 e. The number of fused-ring (bicyclic) bond motifs is 3. The van der Waals surface area contributed by atoms with E-state index in [0.717, 1.165) is 22.6 Å². The molecule has 0 aliphatic carbocycles. The maximum Gasteiger partial charge on any atom is 0.0540 e. The average Bonchev–Trinajstić information content (AvgIpc) is 3.23. The zero-order valence-electron chi connectivity index (χ0n) is 18.5. The summed E-state index contributed by atoms with van der Waals surface area (Å²) in [5, 5.41) is 2.50. The molecule has 0 saturated carbocycles. The quantitative estimate of drug-likeness (QED) is 0.300. The molecule has 0 radical (unpaired) electrons. The number of benzene rings is 5. The average molecular weight is 425 g/mol. The molecule has 0 atom stereocenters. The van der Waals surface area contributed by atoms with Crippen molar-refractivity contribution in [2.45, 2.75) is 6.92 Å². The number of aryl methyl sites for hydroxylation is 1. The van der Waals surface area contributed by atoms with Crippen molar-refractivity contribution < 1.29 is 0 Å². The molecule has 0 aliphatic heterocycles. The van der Waals surface area contributed by atoms with Crippen LogP contribution < -0.4 is 4.90 Å². The summed E-state index contributed by atoms with van der Waals surface area (Å²) in [7, 11) is 0. The van der Waals surface area contributed by atoms with Crippen LogP contribution in [0, 0.1) is 6.92 Å². The molecule has 6 rings (SSSR count). The van der Waals surface area contributed by atoms with Gasteiger partial charge in [-0.1, -0.05) is 78.4 Å². The van der Waals surface area contributed by atoms with Gasteiger partial charge in [0.15, 0.2) is 0 Å². The van der Waals surface area contributed by atoms with E-state index in [9.17, 15) is 0 Å². The molecule has 0 fully saturated rings. The van der Waals surface area contributed by atoms with E-state index >= 15 is 0 Å². The molecule has 0 unspecified atom stereocenters. The number of H-pyrrole nitrogens is 1. The van der Waals surface area contributed by atoms with Crippen LogP contribution in [0.4, 0.5) is 17.1 Å². The van der Waals surface area contributed by atoms with Crippen LogP contribution >= 0.6 is 0 Å². The first kappa shape index (κ1) is 19.4. The number of hydrogen-bond acceptors (Lipinski definition) is 1. The molecule has 0 aliphatic rings. The lowest BCUT2D eigenvalue weighted by Gasteiger charge is -2.28. The van der Waals surface area contributed by atoms with Crippen LogP contribution in [0.3, 0.4) is 0 Å². The molecule has 1 N–H and O–H groups in total. The summed E-state index contributed by atoms with van der Waals surface area (Å²) in [6, 6.07) is 43.2. The Morgan fingerprint density at radius 1 is 0.545 bits per heavy atom. The lowest BCUT2D eigenvalue weighted by Crippen LogP contribution is -2.11. The van der Waals surface area contributed by atoms with Crippen molar-refractivity contribution in [3.05, 3.63) is 127 Å². The van der Waals surface area contributed by atoms with Gasteiger partial charge in [0.2, 0.25) is 0 Å². The van der Waals surface area contributed by atoms with Crippen LogP contribution in [0.25, 0.3) is 32.9 Å². The van der Waals surface area contributed by atoms with Crippen LogP contribution in [0.1, 0.15) is 5.56 Å². The zero-order chi connectivity index (χ0) is 22.2. The molecule has 158 valence electrons. The van der Waals surface area contributed by atoms with Crippen LogP contribution in [0.15, 0.2) is 121 Å². The Balaban J connectivity index is 1.61. The van der Waals surface area contributed by atoms with Crippen LogP contribution in [0.5, 0.6) is 0 Å². The molecule has 1 heterocycles. The minimum Gasteiger partial charge on any atom is -0.355 e. The molecule has 33 heavy (non-hydrogen) atoms. The number of anilines is 3. The van der Waals surface area contributed by atoms with E-state index in [-0.39, 0.29) is 0 Å². The minimum absolute atomic E-state index is 1.14. The normalized spacial score (nSPS) is 11.2. The molecule has 0 saturated heterocycles. The highest BCUT2D eigenvalue weighted by Crippen LogP contribution is 2.42. The number of nitrogens with zero attached hydrogens (tertiary/aromatic N) is 1. The Morgan fingerprint density at radius 2 is 1.18 bits per heavy atom. The number of nitrogens with one attached hydrogen (secondary N) is 1. The third-order valence-corrected chi connectivity index (χ3v) is 6.24. The molecule has 0 bridgehead atoms. The molecule has 2 nitrogen and oxygen atoms in total. The third-order valence-electron chi connectivity index (χ3n) is 6.24. The van der Waals surface area contributed by atoms with E-state index in [2.05, 4.69) is 138 Å². The number of aromatic nitrogens is 1. The summed E-state index contributed by atoms with van der Waals surface area (Å²) in [6.07, 6.45) is 0. The Kier molecular flexibility index (Phi) is 4.70. The van der Waals surface area contributed by atoms with Crippen molar-refractivity contribution in [1.29, 1.82) is 0 Å². The highest BCUT2D eigenvalue weighted by atomic mass is 15.1. The summed E-state index contributed by atoms with van der Waals surface area (Å²) in [4.78, 5) is 5.93. The fourth-order valence-corrected chi connectivity index (χ4v) is 4.67. The first-order valence-electron chi connectivity index (χ1n) is 11.3. The topological polar surface area (TPSA) is 19.0 Å². The summed E-state index contributed by atoms with van der Waals surface area (Å²) in [5.41, 5.74) is 9.44. The fraction of sp³-hybridized carbons (Fsp3) is 0.0323. The van der Waals surface area contributed by atoms with Gasteiger partial charge in [0.25, 0.3) is 0 Å². The van der Waals surface area contributed by atoms with Gasteiger partial charge >= 0.3 is 0 Å². The Morgan fingerprint density at radius 3 is 1.97 bits per heavy atom. The van der Waals surface area contributed by atoms with E-state index in [1.165, 1.54) is 33.0 Å². The molecule has 6 aromatic rings.